The number of amides is 2. The van der Waals surface area contributed by atoms with Gasteiger partial charge < -0.3 is 20.1 Å². The Bertz CT molecular complexity index is 500. The van der Waals surface area contributed by atoms with Gasteiger partial charge in [0.1, 0.15) is 5.75 Å². The van der Waals surface area contributed by atoms with Gasteiger partial charge in [-0.2, -0.15) is 0 Å². The van der Waals surface area contributed by atoms with Crippen molar-refractivity contribution in [3.63, 3.8) is 0 Å². The van der Waals surface area contributed by atoms with E-state index in [0.717, 1.165) is 6.42 Å². The molecule has 1 aliphatic heterocycles. The van der Waals surface area contributed by atoms with E-state index >= 15 is 0 Å². The molecule has 1 fully saturated rings. The Morgan fingerprint density at radius 3 is 2.62 bits per heavy atom. The third-order valence-electron chi connectivity index (χ3n) is 3.29. The highest BCUT2D eigenvalue weighted by molar-refractivity contribution is 6.30. The lowest BCUT2D eigenvalue weighted by molar-refractivity contribution is -0.123. The Morgan fingerprint density at radius 2 is 2.00 bits per heavy atom. The predicted octanol–water partition coefficient (Wildman–Crippen LogP) is 1.83. The molecule has 2 rings (SSSR count). The van der Waals surface area contributed by atoms with Gasteiger partial charge in [-0.1, -0.05) is 11.6 Å². The summed E-state index contributed by atoms with van der Waals surface area (Å²) in [6, 6.07) is 6.79. The molecular formula is C14H17ClN2O4. The van der Waals surface area contributed by atoms with Crippen LogP contribution in [0.3, 0.4) is 0 Å². The fourth-order valence-corrected chi connectivity index (χ4v) is 2.18. The van der Waals surface area contributed by atoms with Crippen LogP contribution in [0, 0.1) is 5.92 Å². The molecule has 1 aromatic rings. The van der Waals surface area contributed by atoms with E-state index < -0.39 is 6.09 Å². The van der Waals surface area contributed by atoms with Gasteiger partial charge in [0, 0.05) is 24.7 Å². The number of nitrogens with one attached hydrogen (secondary N) is 1. The van der Waals surface area contributed by atoms with E-state index in [1.165, 1.54) is 4.90 Å². The van der Waals surface area contributed by atoms with Gasteiger partial charge in [0.05, 0.1) is 0 Å². The molecule has 2 amide bonds. The fraction of sp³-hybridized carbons (Fsp3) is 0.429. The van der Waals surface area contributed by atoms with Gasteiger partial charge in [0.15, 0.2) is 6.61 Å². The van der Waals surface area contributed by atoms with Crippen molar-refractivity contribution >= 4 is 23.6 Å². The standard InChI is InChI=1S/C14H17ClN2O4/c15-11-1-3-12(4-2-11)21-9-13(18)16-6-5-10-7-17(8-10)14(19)20/h1-4,10H,5-9H2,(H,16,18)(H,19,20). The molecule has 1 heterocycles. The van der Waals surface area contributed by atoms with Gasteiger partial charge in [0.2, 0.25) is 0 Å². The first-order chi connectivity index (χ1) is 10.0. The zero-order chi connectivity index (χ0) is 15.2. The van der Waals surface area contributed by atoms with Crippen LogP contribution in [-0.4, -0.2) is 48.2 Å². The molecule has 21 heavy (non-hydrogen) atoms. The zero-order valence-electron chi connectivity index (χ0n) is 11.4. The minimum atomic E-state index is -0.883. The lowest BCUT2D eigenvalue weighted by atomic mass is 9.97. The molecule has 0 radical (unpaired) electrons. The van der Waals surface area contributed by atoms with E-state index in [1.54, 1.807) is 24.3 Å². The van der Waals surface area contributed by atoms with E-state index in [1.807, 2.05) is 0 Å². The van der Waals surface area contributed by atoms with E-state index in [-0.39, 0.29) is 12.5 Å². The quantitative estimate of drug-likeness (QED) is 0.840. The Labute approximate surface area is 127 Å². The number of hydrogen-bond donors (Lipinski definition) is 2. The molecule has 6 nitrogen and oxygen atoms in total. The number of ether oxygens (including phenoxy) is 1. The molecule has 0 aromatic heterocycles. The second-order valence-electron chi connectivity index (χ2n) is 4.93. The van der Waals surface area contributed by atoms with Crippen molar-refractivity contribution in [2.45, 2.75) is 6.42 Å². The molecule has 0 unspecified atom stereocenters. The van der Waals surface area contributed by atoms with Gasteiger partial charge in [-0.25, -0.2) is 4.79 Å². The van der Waals surface area contributed by atoms with Crippen LogP contribution in [0.1, 0.15) is 6.42 Å². The molecule has 1 aromatic carbocycles. The molecular weight excluding hydrogens is 296 g/mol. The van der Waals surface area contributed by atoms with E-state index in [0.29, 0.717) is 36.3 Å². The largest absolute Gasteiger partial charge is 0.484 e. The highest BCUT2D eigenvalue weighted by Crippen LogP contribution is 2.18. The van der Waals surface area contributed by atoms with Gasteiger partial charge in [0.25, 0.3) is 5.91 Å². The molecule has 1 saturated heterocycles. The molecule has 7 heteroatoms. The minimum absolute atomic E-state index is 0.0481. The predicted molar refractivity (Wildman–Crippen MR) is 77.7 cm³/mol. The smallest absolute Gasteiger partial charge is 0.407 e. The maximum absolute atomic E-state index is 11.6. The summed E-state index contributed by atoms with van der Waals surface area (Å²) in [7, 11) is 0. The van der Waals surface area contributed by atoms with Crippen LogP contribution < -0.4 is 10.1 Å². The van der Waals surface area contributed by atoms with Gasteiger partial charge in [-0.05, 0) is 36.6 Å². The van der Waals surface area contributed by atoms with Crippen LogP contribution in [0.2, 0.25) is 5.02 Å². The maximum atomic E-state index is 11.6. The second kappa shape index (κ2) is 7.17. The van der Waals surface area contributed by atoms with Crippen LogP contribution in [0.5, 0.6) is 5.75 Å². The minimum Gasteiger partial charge on any atom is -0.484 e. The molecule has 0 aliphatic carbocycles. The van der Waals surface area contributed by atoms with E-state index in [4.69, 9.17) is 21.4 Å². The summed E-state index contributed by atoms with van der Waals surface area (Å²) in [5.41, 5.74) is 0. The summed E-state index contributed by atoms with van der Waals surface area (Å²) in [5, 5.41) is 12.1. The summed E-state index contributed by atoms with van der Waals surface area (Å²) in [6.45, 7) is 1.58. The SMILES string of the molecule is O=C(COc1ccc(Cl)cc1)NCCC1CN(C(=O)O)C1. The first-order valence-corrected chi connectivity index (χ1v) is 7.05. The van der Waals surface area contributed by atoms with E-state index in [2.05, 4.69) is 5.32 Å². The Hall–Kier alpha value is -1.95. The van der Waals surface area contributed by atoms with Crippen LogP contribution >= 0.6 is 11.6 Å². The van der Waals surface area contributed by atoms with Crippen LogP contribution in [0.15, 0.2) is 24.3 Å². The Morgan fingerprint density at radius 1 is 1.33 bits per heavy atom. The molecule has 0 atom stereocenters. The van der Waals surface area contributed by atoms with Crippen molar-refractivity contribution in [3.05, 3.63) is 29.3 Å². The number of likely N-dealkylation sites (tertiary alicyclic amines) is 1. The number of carboxylic acid groups (broad SMARTS) is 1. The van der Waals surface area contributed by atoms with Gasteiger partial charge >= 0.3 is 6.09 Å². The number of benzene rings is 1. The Kier molecular flexibility index (Phi) is 5.27. The number of rotatable bonds is 6. The maximum Gasteiger partial charge on any atom is 0.407 e. The summed E-state index contributed by atoms with van der Waals surface area (Å²) in [5.74, 6) is 0.726. The van der Waals surface area contributed by atoms with Crippen LogP contribution in [0.25, 0.3) is 0 Å². The zero-order valence-corrected chi connectivity index (χ0v) is 12.2. The number of nitrogens with zero attached hydrogens (tertiary/aromatic N) is 1. The van der Waals surface area contributed by atoms with Gasteiger partial charge in [-0.3, -0.25) is 4.79 Å². The third-order valence-corrected chi connectivity index (χ3v) is 3.54. The summed E-state index contributed by atoms with van der Waals surface area (Å²) >= 11 is 5.75. The van der Waals surface area contributed by atoms with Crippen molar-refractivity contribution < 1.29 is 19.4 Å². The molecule has 1 aliphatic rings. The van der Waals surface area contributed by atoms with Crippen LogP contribution in [-0.2, 0) is 4.79 Å². The van der Waals surface area contributed by atoms with Crippen molar-refractivity contribution in [3.8, 4) is 5.75 Å². The number of halogens is 1. The van der Waals surface area contributed by atoms with Crippen molar-refractivity contribution in [1.82, 2.24) is 10.2 Å². The average molecular weight is 313 g/mol. The number of carbonyl (C=O) groups is 2. The fourth-order valence-electron chi connectivity index (χ4n) is 2.06. The third kappa shape index (κ3) is 4.82. The number of hydrogen-bond acceptors (Lipinski definition) is 3. The molecule has 0 spiro atoms. The highest BCUT2D eigenvalue weighted by Gasteiger charge is 2.29. The summed E-state index contributed by atoms with van der Waals surface area (Å²) < 4.78 is 5.31. The Balaban J connectivity index is 1.56. The lowest BCUT2D eigenvalue weighted by Crippen LogP contribution is -2.50. The first-order valence-electron chi connectivity index (χ1n) is 6.67. The normalized spacial score (nSPS) is 14.4. The molecule has 2 N–H and O–H groups in total. The molecule has 0 bridgehead atoms. The monoisotopic (exact) mass is 312 g/mol. The summed E-state index contributed by atoms with van der Waals surface area (Å²) in [6.07, 6.45) is -0.108. The lowest BCUT2D eigenvalue weighted by Gasteiger charge is -2.37. The molecule has 114 valence electrons. The van der Waals surface area contributed by atoms with Gasteiger partial charge in [-0.15, -0.1) is 0 Å². The molecule has 0 saturated carbocycles. The van der Waals surface area contributed by atoms with Crippen molar-refractivity contribution in [2.24, 2.45) is 5.92 Å². The summed E-state index contributed by atoms with van der Waals surface area (Å²) in [4.78, 5) is 23.5. The average Bonchev–Trinajstić information content (AvgIpc) is 2.40. The van der Waals surface area contributed by atoms with Crippen molar-refractivity contribution in [1.29, 1.82) is 0 Å². The van der Waals surface area contributed by atoms with Crippen LogP contribution in [0.4, 0.5) is 4.79 Å². The topological polar surface area (TPSA) is 78.9 Å². The van der Waals surface area contributed by atoms with Crippen molar-refractivity contribution in [2.75, 3.05) is 26.2 Å². The number of carbonyl (C=O) groups excluding carboxylic acids is 1. The first kappa shape index (κ1) is 15.4. The highest BCUT2D eigenvalue weighted by atomic mass is 35.5. The second-order valence-corrected chi connectivity index (χ2v) is 5.37. The van der Waals surface area contributed by atoms with E-state index in [9.17, 15) is 9.59 Å².